The Kier molecular flexibility index (Phi) is 3.15. The summed E-state index contributed by atoms with van der Waals surface area (Å²) in [5.41, 5.74) is 6.27. The first-order valence-electron chi connectivity index (χ1n) is 7.00. The summed E-state index contributed by atoms with van der Waals surface area (Å²) >= 11 is 0. The molecule has 3 nitrogen and oxygen atoms in total. The molecule has 1 aromatic heterocycles. The second-order valence-electron chi connectivity index (χ2n) is 5.50. The molecule has 100 valence electrons. The standard InChI is InChI=1S/C16H21N3/c1-11-6-8-13(9-7-11)15-12(2)16(19(3)18-15)14-5-4-10-17-14/h6-9,14,17H,4-5,10H2,1-3H3. The topological polar surface area (TPSA) is 29.9 Å². The van der Waals surface area contributed by atoms with Gasteiger partial charge in [0.15, 0.2) is 0 Å². The summed E-state index contributed by atoms with van der Waals surface area (Å²) < 4.78 is 2.05. The normalized spacial score (nSPS) is 19.0. The number of rotatable bonds is 2. The minimum absolute atomic E-state index is 0.469. The molecule has 0 saturated carbocycles. The number of nitrogens with one attached hydrogen (secondary N) is 1. The van der Waals surface area contributed by atoms with E-state index in [1.54, 1.807) is 0 Å². The third kappa shape index (κ3) is 2.19. The lowest BCUT2D eigenvalue weighted by molar-refractivity contribution is 0.571. The molecule has 0 amide bonds. The van der Waals surface area contributed by atoms with Crippen LogP contribution in [0.4, 0.5) is 0 Å². The predicted octanol–water partition coefficient (Wildman–Crippen LogP) is 3.13. The van der Waals surface area contributed by atoms with E-state index in [2.05, 4.69) is 50.5 Å². The summed E-state index contributed by atoms with van der Waals surface area (Å²) in [6.07, 6.45) is 2.48. The van der Waals surface area contributed by atoms with Crippen LogP contribution in [0.3, 0.4) is 0 Å². The fraction of sp³-hybridized carbons (Fsp3) is 0.438. The van der Waals surface area contributed by atoms with Gasteiger partial charge in [0.1, 0.15) is 0 Å². The predicted molar refractivity (Wildman–Crippen MR) is 78.1 cm³/mol. The summed E-state index contributed by atoms with van der Waals surface area (Å²) in [5, 5.41) is 8.30. The van der Waals surface area contributed by atoms with Gasteiger partial charge in [0.25, 0.3) is 0 Å². The van der Waals surface area contributed by atoms with Crippen molar-refractivity contribution in [2.75, 3.05) is 6.54 Å². The fourth-order valence-corrected chi connectivity index (χ4v) is 3.03. The summed E-state index contributed by atoms with van der Waals surface area (Å²) in [5.74, 6) is 0. The molecular formula is C16H21N3. The van der Waals surface area contributed by atoms with Crippen molar-refractivity contribution in [3.05, 3.63) is 41.1 Å². The molecular weight excluding hydrogens is 234 g/mol. The molecule has 1 atom stereocenters. The molecule has 1 aliphatic rings. The van der Waals surface area contributed by atoms with E-state index >= 15 is 0 Å². The number of nitrogens with zero attached hydrogens (tertiary/aromatic N) is 2. The molecule has 3 rings (SSSR count). The van der Waals surface area contributed by atoms with Crippen molar-refractivity contribution >= 4 is 0 Å². The van der Waals surface area contributed by atoms with Gasteiger partial charge in [-0.25, -0.2) is 0 Å². The molecule has 3 heteroatoms. The summed E-state index contributed by atoms with van der Waals surface area (Å²) in [7, 11) is 2.06. The highest BCUT2D eigenvalue weighted by molar-refractivity contribution is 5.64. The number of aryl methyl sites for hydroxylation is 2. The number of aromatic nitrogens is 2. The van der Waals surface area contributed by atoms with E-state index in [4.69, 9.17) is 5.10 Å². The van der Waals surface area contributed by atoms with Crippen LogP contribution in [-0.4, -0.2) is 16.3 Å². The molecule has 1 unspecified atom stereocenters. The Balaban J connectivity index is 2.03. The average molecular weight is 255 g/mol. The van der Waals surface area contributed by atoms with Crippen molar-refractivity contribution in [1.82, 2.24) is 15.1 Å². The molecule has 2 heterocycles. The minimum atomic E-state index is 0.469. The first-order valence-corrected chi connectivity index (χ1v) is 7.00. The van der Waals surface area contributed by atoms with Crippen LogP contribution in [-0.2, 0) is 7.05 Å². The van der Waals surface area contributed by atoms with Gasteiger partial charge in [0.2, 0.25) is 0 Å². The molecule has 0 aliphatic carbocycles. The lowest BCUT2D eigenvalue weighted by Crippen LogP contribution is -2.17. The Morgan fingerprint density at radius 3 is 2.58 bits per heavy atom. The van der Waals surface area contributed by atoms with Gasteiger partial charge in [-0.3, -0.25) is 4.68 Å². The lowest BCUT2D eigenvalue weighted by atomic mass is 10.0. The van der Waals surface area contributed by atoms with Gasteiger partial charge in [-0.1, -0.05) is 29.8 Å². The van der Waals surface area contributed by atoms with Gasteiger partial charge in [0.05, 0.1) is 11.4 Å². The van der Waals surface area contributed by atoms with Crippen LogP contribution < -0.4 is 5.32 Å². The van der Waals surface area contributed by atoms with Crippen LogP contribution in [0.2, 0.25) is 0 Å². The van der Waals surface area contributed by atoms with Crippen LogP contribution in [0, 0.1) is 13.8 Å². The maximum Gasteiger partial charge on any atom is 0.0955 e. The SMILES string of the molecule is Cc1ccc(-c2nn(C)c(C3CCCN3)c2C)cc1. The van der Waals surface area contributed by atoms with Gasteiger partial charge < -0.3 is 5.32 Å². The molecule has 1 aliphatic heterocycles. The highest BCUT2D eigenvalue weighted by Crippen LogP contribution is 2.31. The number of hydrogen-bond acceptors (Lipinski definition) is 2. The van der Waals surface area contributed by atoms with Crippen LogP contribution in [0.15, 0.2) is 24.3 Å². The van der Waals surface area contributed by atoms with E-state index < -0.39 is 0 Å². The molecule has 0 spiro atoms. The summed E-state index contributed by atoms with van der Waals surface area (Å²) in [6, 6.07) is 9.10. The molecule has 2 aromatic rings. The Morgan fingerprint density at radius 2 is 1.95 bits per heavy atom. The molecule has 1 N–H and O–H groups in total. The van der Waals surface area contributed by atoms with Crippen LogP contribution in [0.1, 0.15) is 35.7 Å². The van der Waals surface area contributed by atoms with Crippen molar-refractivity contribution in [1.29, 1.82) is 0 Å². The van der Waals surface area contributed by atoms with Crippen molar-refractivity contribution in [3.8, 4) is 11.3 Å². The van der Waals surface area contributed by atoms with Crippen molar-refractivity contribution in [3.63, 3.8) is 0 Å². The Labute approximate surface area is 114 Å². The quantitative estimate of drug-likeness (QED) is 0.893. The monoisotopic (exact) mass is 255 g/mol. The molecule has 1 aromatic carbocycles. The summed E-state index contributed by atoms with van der Waals surface area (Å²) in [6.45, 7) is 5.43. The van der Waals surface area contributed by atoms with Gasteiger partial charge >= 0.3 is 0 Å². The van der Waals surface area contributed by atoms with Crippen LogP contribution >= 0.6 is 0 Å². The van der Waals surface area contributed by atoms with Gasteiger partial charge in [-0.2, -0.15) is 5.10 Å². The zero-order valence-corrected chi connectivity index (χ0v) is 11.9. The third-order valence-corrected chi connectivity index (χ3v) is 4.05. The molecule has 1 saturated heterocycles. The second-order valence-corrected chi connectivity index (χ2v) is 5.50. The summed E-state index contributed by atoms with van der Waals surface area (Å²) in [4.78, 5) is 0. The van der Waals surface area contributed by atoms with Gasteiger partial charge in [-0.05, 0) is 38.8 Å². The lowest BCUT2D eigenvalue weighted by Gasteiger charge is -2.11. The molecule has 1 fully saturated rings. The Hall–Kier alpha value is -1.61. The first-order chi connectivity index (χ1) is 9.16. The van der Waals surface area contributed by atoms with E-state index in [1.165, 1.54) is 35.2 Å². The maximum atomic E-state index is 4.73. The second kappa shape index (κ2) is 4.82. The maximum absolute atomic E-state index is 4.73. The van der Waals surface area contributed by atoms with Crippen molar-refractivity contribution in [2.45, 2.75) is 32.7 Å². The Morgan fingerprint density at radius 1 is 1.21 bits per heavy atom. The highest BCUT2D eigenvalue weighted by Gasteiger charge is 2.24. The van der Waals surface area contributed by atoms with Crippen LogP contribution in [0.25, 0.3) is 11.3 Å². The third-order valence-electron chi connectivity index (χ3n) is 4.05. The zero-order chi connectivity index (χ0) is 13.4. The number of hydrogen-bond donors (Lipinski definition) is 1. The van der Waals surface area contributed by atoms with Gasteiger partial charge in [-0.15, -0.1) is 0 Å². The first kappa shape index (κ1) is 12.4. The van der Waals surface area contributed by atoms with Crippen molar-refractivity contribution in [2.24, 2.45) is 7.05 Å². The average Bonchev–Trinajstić information content (AvgIpc) is 2.99. The minimum Gasteiger partial charge on any atom is -0.309 e. The Bertz CT molecular complexity index is 575. The van der Waals surface area contributed by atoms with E-state index in [0.29, 0.717) is 6.04 Å². The van der Waals surface area contributed by atoms with Crippen LogP contribution in [0.5, 0.6) is 0 Å². The largest absolute Gasteiger partial charge is 0.309 e. The smallest absolute Gasteiger partial charge is 0.0955 e. The van der Waals surface area contributed by atoms with E-state index in [-0.39, 0.29) is 0 Å². The molecule has 19 heavy (non-hydrogen) atoms. The van der Waals surface area contributed by atoms with E-state index in [1.807, 2.05) is 4.68 Å². The zero-order valence-electron chi connectivity index (χ0n) is 11.9. The van der Waals surface area contributed by atoms with Gasteiger partial charge in [0, 0.05) is 18.7 Å². The molecule has 0 radical (unpaired) electrons. The van der Waals surface area contributed by atoms with E-state index in [0.717, 1.165) is 12.2 Å². The highest BCUT2D eigenvalue weighted by atomic mass is 15.3. The number of benzene rings is 1. The van der Waals surface area contributed by atoms with Crippen molar-refractivity contribution < 1.29 is 0 Å². The fourth-order valence-electron chi connectivity index (χ4n) is 3.03. The molecule has 0 bridgehead atoms. The van der Waals surface area contributed by atoms with E-state index in [9.17, 15) is 0 Å².